The van der Waals surface area contributed by atoms with Crippen LogP contribution in [0, 0.1) is 13.8 Å². The van der Waals surface area contributed by atoms with Gasteiger partial charge >= 0.3 is 5.69 Å². The van der Waals surface area contributed by atoms with Gasteiger partial charge in [0, 0.05) is 30.0 Å². The Morgan fingerprint density at radius 2 is 1.90 bits per heavy atom. The van der Waals surface area contributed by atoms with Gasteiger partial charge in [-0.05, 0) is 38.5 Å². The van der Waals surface area contributed by atoms with Crippen molar-refractivity contribution >= 4 is 28.5 Å². The fourth-order valence-electron chi connectivity index (χ4n) is 3.80. The second kappa shape index (κ2) is 6.81. The number of rotatable bonds is 4. The smallest absolute Gasteiger partial charge is 0.332 e. The molecule has 0 N–H and O–H groups in total. The number of halogens is 1. The molecule has 0 bridgehead atoms. The van der Waals surface area contributed by atoms with Gasteiger partial charge in [0.25, 0.3) is 5.56 Å². The molecule has 3 aromatic heterocycles. The van der Waals surface area contributed by atoms with Gasteiger partial charge in [-0.15, -0.1) is 0 Å². The van der Waals surface area contributed by atoms with E-state index in [4.69, 9.17) is 16.3 Å². The quantitative estimate of drug-likeness (QED) is 0.513. The first-order chi connectivity index (χ1) is 13.8. The van der Waals surface area contributed by atoms with Crippen molar-refractivity contribution in [1.29, 1.82) is 0 Å². The second-order valence-corrected chi connectivity index (χ2v) is 7.48. The Kier molecular flexibility index (Phi) is 4.53. The molecular formula is C20H22ClN5O3. The average Bonchev–Trinajstić information content (AvgIpc) is 3.19. The van der Waals surface area contributed by atoms with E-state index in [1.165, 1.54) is 9.13 Å². The minimum atomic E-state index is -0.369. The van der Waals surface area contributed by atoms with Crippen molar-refractivity contribution in [1.82, 2.24) is 23.1 Å². The van der Waals surface area contributed by atoms with Crippen molar-refractivity contribution in [2.75, 3.05) is 7.11 Å². The molecule has 0 spiro atoms. The fraction of sp³-hybridized carbons (Fsp3) is 0.350. The summed E-state index contributed by atoms with van der Waals surface area (Å²) < 4.78 is 11.9. The maximum Gasteiger partial charge on any atom is 0.332 e. The molecule has 8 nitrogen and oxygen atoms in total. The molecule has 0 saturated carbocycles. The van der Waals surface area contributed by atoms with E-state index >= 15 is 0 Å². The van der Waals surface area contributed by atoms with E-state index in [0.717, 1.165) is 11.4 Å². The zero-order chi connectivity index (χ0) is 21.0. The minimum Gasteiger partial charge on any atom is -0.495 e. The third-order valence-electron chi connectivity index (χ3n) is 5.35. The lowest BCUT2D eigenvalue weighted by atomic mass is 10.2. The van der Waals surface area contributed by atoms with Gasteiger partial charge < -0.3 is 4.74 Å². The van der Waals surface area contributed by atoms with Crippen LogP contribution in [0.4, 0.5) is 0 Å². The Morgan fingerprint density at radius 1 is 1.17 bits per heavy atom. The van der Waals surface area contributed by atoms with Crippen molar-refractivity contribution in [3.8, 4) is 11.4 Å². The average molecular weight is 416 g/mol. The van der Waals surface area contributed by atoms with Crippen molar-refractivity contribution in [2.45, 2.75) is 33.7 Å². The van der Waals surface area contributed by atoms with Crippen LogP contribution >= 0.6 is 11.6 Å². The van der Waals surface area contributed by atoms with Crippen molar-refractivity contribution in [3.05, 3.63) is 55.4 Å². The molecule has 0 atom stereocenters. The summed E-state index contributed by atoms with van der Waals surface area (Å²) in [6, 6.07) is 5.33. The van der Waals surface area contributed by atoms with Crippen LogP contribution in [0.1, 0.15) is 24.7 Å². The van der Waals surface area contributed by atoms with Gasteiger partial charge in [0.1, 0.15) is 5.75 Å². The first-order valence-electron chi connectivity index (χ1n) is 9.35. The van der Waals surface area contributed by atoms with Crippen LogP contribution in [0.5, 0.6) is 5.75 Å². The summed E-state index contributed by atoms with van der Waals surface area (Å²) in [6.45, 7) is 6.16. The highest BCUT2D eigenvalue weighted by atomic mass is 35.5. The summed E-state index contributed by atoms with van der Waals surface area (Å²) in [4.78, 5) is 30.5. The Bertz CT molecular complexity index is 1390. The number of imidazole rings is 2. The number of benzene rings is 1. The Morgan fingerprint density at radius 3 is 2.55 bits per heavy atom. The van der Waals surface area contributed by atoms with Crippen LogP contribution in [-0.4, -0.2) is 30.2 Å². The molecule has 4 rings (SSSR count). The van der Waals surface area contributed by atoms with E-state index in [-0.39, 0.29) is 11.2 Å². The highest BCUT2D eigenvalue weighted by molar-refractivity contribution is 6.30. The van der Waals surface area contributed by atoms with E-state index in [0.29, 0.717) is 46.4 Å². The normalized spacial score (nSPS) is 11.7. The maximum atomic E-state index is 13.2. The number of ether oxygens (including phenoxy) is 1. The summed E-state index contributed by atoms with van der Waals surface area (Å²) in [7, 11) is 3.22. The molecule has 152 valence electrons. The molecule has 0 saturated heterocycles. The zero-order valence-electron chi connectivity index (χ0n) is 17.0. The van der Waals surface area contributed by atoms with Crippen LogP contribution in [0.15, 0.2) is 27.8 Å². The highest BCUT2D eigenvalue weighted by Crippen LogP contribution is 2.31. The van der Waals surface area contributed by atoms with Gasteiger partial charge in [-0.3, -0.25) is 22.9 Å². The molecule has 0 amide bonds. The number of hydrogen-bond donors (Lipinski definition) is 0. The summed E-state index contributed by atoms with van der Waals surface area (Å²) in [6.07, 6.45) is 0.682. The summed E-state index contributed by atoms with van der Waals surface area (Å²) in [5.74, 6) is 1.15. The molecule has 0 aliphatic heterocycles. The largest absolute Gasteiger partial charge is 0.495 e. The SMILES string of the molecule is CCCn1c(=O)c2c(nc3n(-c4cc(Cl)ccc4OC)c(C)c(C)n23)n(C)c1=O. The fourth-order valence-corrected chi connectivity index (χ4v) is 3.96. The molecule has 0 radical (unpaired) electrons. The Balaban J connectivity index is 2.22. The van der Waals surface area contributed by atoms with Gasteiger partial charge in [0.05, 0.1) is 12.8 Å². The molecule has 0 unspecified atom stereocenters. The third kappa shape index (κ3) is 2.62. The molecule has 29 heavy (non-hydrogen) atoms. The summed E-state index contributed by atoms with van der Waals surface area (Å²) in [5, 5.41) is 0.554. The molecule has 3 heterocycles. The van der Waals surface area contributed by atoms with E-state index in [1.54, 1.807) is 36.8 Å². The van der Waals surface area contributed by atoms with Crippen LogP contribution in [-0.2, 0) is 13.6 Å². The predicted octanol–water partition coefficient (Wildman–Crippen LogP) is 2.83. The lowest BCUT2D eigenvalue weighted by Crippen LogP contribution is -2.39. The third-order valence-corrected chi connectivity index (χ3v) is 5.58. The zero-order valence-corrected chi connectivity index (χ0v) is 17.7. The van der Waals surface area contributed by atoms with Crippen LogP contribution in [0.25, 0.3) is 22.6 Å². The monoisotopic (exact) mass is 415 g/mol. The number of aromatic nitrogens is 5. The molecule has 1 aromatic carbocycles. The number of fused-ring (bicyclic) bond motifs is 3. The maximum absolute atomic E-state index is 13.2. The van der Waals surface area contributed by atoms with E-state index in [9.17, 15) is 9.59 Å². The summed E-state index contributed by atoms with van der Waals surface area (Å²) in [5.41, 5.74) is 2.48. The van der Waals surface area contributed by atoms with Crippen LogP contribution in [0.2, 0.25) is 5.02 Å². The number of nitrogens with zero attached hydrogens (tertiary/aromatic N) is 5. The molecule has 4 aromatic rings. The van der Waals surface area contributed by atoms with Gasteiger partial charge in [-0.25, -0.2) is 4.79 Å². The second-order valence-electron chi connectivity index (χ2n) is 7.04. The number of methoxy groups -OCH3 is 1. The Labute approximate surface area is 171 Å². The van der Waals surface area contributed by atoms with Crippen LogP contribution in [0.3, 0.4) is 0 Å². The lowest BCUT2D eigenvalue weighted by molar-refractivity contribution is 0.413. The van der Waals surface area contributed by atoms with E-state index in [2.05, 4.69) is 4.98 Å². The standard InChI is InChI=1S/C20H22ClN5O3/c1-6-9-24-18(27)16-17(23(4)20(24)28)22-19-25(11(2)12(3)26(16)19)14-10-13(21)7-8-15(14)29-5/h7-8,10H,6,9H2,1-5H3. The molecule has 0 aliphatic rings. The summed E-state index contributed by atoms with van der Waals surface area (Å²) >= 11 is 6.24. The highest BCUT2D eigenvalue weighted by Gasteiger charge is 2.24. The lowest BCUT2D eigenvalue weighted by Gasteiger charge is -2.12. The number of hydrogen-bond acceptors (Lipinski definition) is 4. The van der Waals surface area contributed by atoms with Crippen LogP contribution < -0.4 is 16.0 Å². The van der Waals surface area contributed by atoms with Gasteiger partial charge in [-0.2, -0.15) is 4.98 Å². The molecule has 0 aliphatic carbocycles. The van der Waals surface area contributed by atoms with Gasteiger partial charge in [0.15, 0.2) is 11.2 Å². The Hall–Kier alpha value is -3.00. The van der Waals surface area contributed by atoms with E-state index < -0.39 is 0 Å². The molecule has 0 fully saturated rings. The molecular weight excluding hydrogens is 394 g/mol. The molecule has 9 heteroatoms. The van der Waals surface area contributed by atoms with Crippen molar-refractivity contribution < 1.29 is 4.74 Å². The minimum absolute atomic E-state index is 0.337. The van der Waals surface area contributed by atoms with Crippen molar-refractivity contribution in [2.24, 2.45) is 7.05 Å². The topological polar surface area (TPSA) is 75.5 Å². The predicted molar refractivity (Wildman–Crippen MR) is 113 cm³/mol. The number of aryl methyl sites for hydroxylation is 2. The van der Waals surface area contributed by atoms with E-state index in [1.807, 2.05) is 25.3 Å². The first kappa shape index (κ1) is 19.3. The van der Waals surface area contributed by atoms with Gasteiger partial charge in [0.2, 0.25) is 5.78 Å². The van der Waals surface area contributed by atoms with Gasteiger partial charge in [-0.1, -0.05) is 18.5 Å². The van der Waals surface area contributed by atoms with Crippen molar-refractivity contribution in [3.63, 3.8) is 0 Å². The first-order valence-corrected chi connectivity index (χ1v) is 9.73.